The fourth-order valence-corrected chi connectivity index (χ4v) is 1.55. The van der Waals surface area contributed by atoms with Crippen LogP contribution in [-0.2, 0) is 6.54 Å². The Kier molecular flexibility index (Phi) is 3.42. The average molecular weight is 230 g/mol. The van der Waals surface area contributed by atoms with Gasteiger partial charge in [-0.2, -0.15) is 0 Å². The number of ether oxygens (including phenoxy) is 2. The third-order valence-corrected chi connectivity index (χ3v) is 2.29. The van der Waals surface area contributed by atoms with E-state index >= 15 is 0 Å². The molecular formula is C10H12ClNO3. The fraction of sp³-hybridized carbons (Fsp3) is 0.300. The molecule has 1 N–H and O–H groups in total. The highest BCUT2D eigenvalue weighted by molar-refractivity contribution is 5.99. The summed E-state index contributed by atoms with van der Waals surface area (Å²) in [6.45, 7) is 0.564. The molecule has 0 fully saturated rings. The van der Waals surface area contributed by atoms with Crippen molar-refractivity contribution in [1.29, 1.82) is 0 Å². The standard InChI is InChI=1S/C10H11NO3.ClH/c1-13-8-3-6-5-11-10(12)7(6)4-9(8)14-2;/h3-4H,5H2,1-2H3,(H,11,12);1H. The van der Waals surface area contributed by atoms with E-state index in [0.29, 0.717) is 23.6 Å². The van der Waals surface area contributed by atoms with E-state index in [9.17, 15) is 4.79 Å². The van der Waals surface area contributed by atoms with Crippen LogP contribution < -0.4 is 14.8 Å². The van der Waals surface area contributed by atoms with Crippen molar-refractivity contribution in [2.45, 2.75) is 6.54 Å². The third-order valence-electron chi connectivity index (χ3n) is 2.29. The lowest BCUT2D eigenvalue weighted by atomic mass is 10.1. The second-order valence-corrected chi connectivity index (χ2v) is 3.05. The molecule has 0 spiro atoms. The smallest absolute Gasteiger partial charge is 0.252 e. The van der Waals surface area contributed by atoms with Gasteiger partial charge < -0.3 is 14.8 Å². The summed E-state index contributed by atoms with van der Waals surface area (Å²) in [6, 6.07) is 3.53. The van der Waals surface area contributed by atoms with Crippen LogP contribution >= 0.6 is 12.4 Å². The van der Waals surface area contributed by atoms with Crippen molar-refractivity contribution in [3.8, 4) is 11.5 Å². The summed E-state index contributed by atoms with van der Waals surface area (Å²) in [7, 11) is 3.13. The summed E-state index contributed by atoms with van der Waals surface area (Å²) < 4.78 is 10.2. The number of nitrogens with one attached hydrogen (secondary N) is 1. The van der Waals surface area contributed by atoms with Crippen molar-refractivity contribution in [2.75, 3.05) is 14.2 Å². The summed E-state index contributed by atoms with van der Waals surface area (Å²) >= 11 is 0. The maximum atomic E-state index is 11.3. The number of rotatable bonds is 2. The van der Waals surface area contributed by atoms with Crippen LogP contribution in [0.25, 0.3) is 0 Å². The van der Waals surface area contributed by atoms with Crippen LogP contribution in [0.2, 0.25) is 0 Å². The Hall–Kier alpha value is -1.42. The maximum Gasteiger partial charge on any atom is 0.252 e. The zero-order valence-corrected chi connectivity index (χ0v) is 9.31. The van der Waals surface area contributed by atoms with Crippen molar-refractivity contribution < 1.29 is 14.3 Å². The van der Waals surface area contributed by atoms with Gasteiger partial charge in [0.15, 0.2) is 11.5 Å². The number of amides is 1. The van der Waals surface area contributed by atoms with Crippen LogP contribution in [0, 0.1) is 0 Å². The van der Waals surface area contributed by atoms with E-state index in [-0.39, 0.29) is 18.3 Å². The molecule has 2 rings (SSSR count). The van der Waals surface area contributed by atoms with Crippen molar-refractivity contribution in [3.63, 3.8) is 0 Å². The van der Waals surface area contributed by atoms with Crippen LogP contribution in [0.3, 0.4) is 0 Å². The minimum absolute atomic E-state index is 0. The first-order valence-electron chi connectivity index (χ1n) is 4.29. The predicted molar refractivity (Wildman–Crippen MR) is 58.0 cm³/mol. The van der Waals surface area contributed by atoms with E-state index in [4.69, 9.17) is 9.47 Å². The highest BCUT2D eigenvalue weighted by Gasteiger charge is 2.21. The molecule has 82 valence electrons. The van der Waals surface area contributed by atoms with Crippen LogP contribution in [0.1, 0.15) is 15.9 Å². The number of hydrogen-bond acceptors (Lipinski definition) is 3. The number of halogens is 1. The largest absolute Gasteiger partial charge is 0.493 e. The third kappa shape index (κ3) is 1.85. The number of fused-ring (bicyclic) bond motifs is 1. The van der Waals surface area contributed by atoms with E-state index < -0.39 is 0 Å². The second kappa shape index (κ2) is 4.40. The van der Waals surface area contributed by atoms with Crippen molar-refractivity contribution >= 4 is 18.3 Å². The number of methoxy groups -OCH3 is 2. The van der Waals surface area contributed by atoms with E-state index in [1.807, 2.05) is 6.07 Å². The zero-order chi connectivity index (χ0) is 10.1. The molecular weight excluding hydrogens is 218 g/mol. The molecule has 1 amide bonds. The molecule has 1 aliphatic rings. The molecule has 0 atom stereocenters. The van der Waals surface area contributed by atoms with Gasteiger partial charge in [0.05, 0.1) is 14.2 Å². The molecule has 0 saturated heterocycles. The molecule has 0 saturated carbocycles. The lowest BCUT2D eigenvalue weighted by Gasteiger charge is -2.08. The van der Waals surface area contributed by atoms with Crippen molar-refractivity contribution in [3.05, 3.63) is 23.3 Å². The lowest BCUT2D eigenvalue weighted by Crippen LogP contribution is -2.12. The van der Waals surface area contributed by atoms with E-state index in [1.165, 1.54) is 0 Å². The normalized spacial score (nSPS) is 12.5. The first-order valence-corrected chi connectivity index (χ1v) is 4.29. The van der Waals surface area contributed by atoms with E-state index in [1.54, 1.807) is 20.3 Å². The van der Waals surface area contributed by atoms with Crippen molar-refractivity contribution in [1.82, 2.24) is 5.32 Å². The number of benzene rings is 1. The minimum Gasteiger partial charge on any atom is -0.493 e. The molecule has 1 aromatic rings. The summed E-state index contributed by atoms with van der Waals surface area (Å²) in [5.41, 5.74) is 1.62. The average Bonchev–Trinajstić information content (AvgIpc) is 2.58. The Labute approximate surface area is 94.0 Å². The van der Waals surface area contributed by atoms with Crippen LogP contribution in [0.4, 0.5) is 0 Å². The minimum atomic E-state index is -0.0547. The molecule has 4 nitrogen and oxygen atoms in total. The highest BCUT2D eigenvalue weighted by atomic mass is 35.5. The molecule has 0 unspecified atom stereocenters. The summed E-state index contributed by atoms with van der Waals surface area (Å²) in [4.78, 5) is 11.3. The topological polar surface area (TPSA) is 47.6 Å². The molecule has 15 heavy (non-hydrogen) atoms. The Bertz CT molecular complexity index is 392. The Morgan fingerprint density at radius 2 is 1.80 bits per heavy atom. The van der Waals surface area contributed by atoms with Gasteiger partial charge in [-0.25, -0.2) is 0 Å². The molecule has 5 heteroatoms. The Morgan fingerprint density at radius 1 is 1.20 bits per heavy atom. The van der Waals surface area contributed by atoms with Gasteiger partial charge in [-0.1, -0.05) is 0 Å². The van der Waals surface area contributed by atoms with Gasteiger partial charge in [-0.3, -0.25) is 4.79 Å². The Morgan fingerprint density at radius 3 is 2.40 bits per heavy atom. The van der Waals surface area contributed by atoms with Gasteiger partial charge in [0, 0.05) is 12.1 Å². The van der Waals surface area contributed by atoms with Gasteiger partial charge in [0.25, 0.3) is 5.91 Å². The Balaban J connectivity index is 0.00000112. The summed E-state index contributed by atoms with van der Waals surface area (Å²) in [5, 5.41) is 2.74. The highest BCUT2D eigenvalue weighted by Crippen LogP contribution is 2.32. The molecule has 1 aromatic carbocycles. The molecule has 1 heterocycles. The quantitative estimate of drug-likeness (QED) is 0.833. The lowest BCUT2D eigenvalue weighted by molar-refractivity contribution is 0.0965. The number of carbonyl (C=O) groups excluding carboxylic acids is 1. The summed E-state index contributed by atoms with van der Waals surface area (Å²) in [6.07, 6.45) is 0. The molecule has 0 aromatic heterocycles. The second-order valence-electron chi connectivity index (χ2n) is 3.05. The van der Waals surface area contributed by atoms with Gasteiger partial charge >= 0.3 is 0 Å². The molecule has 1 aliphatic heterocycles. The maximum absolute atomic E-state index is 11.3. The first-order chi connectivity index (χ1) is 6.76. The van der Waals surface area contributed by atoms with Crippen LogP contribution in [0.5, 0.6) is 11.5 Å². The monoisotopic (exact) mass is 229 g/mol. The number of carbonyl (C=O) groups is 1. The van der Waals surface area contributed by atoms with Crippen LogP contribution in [-0.4, -0.2) is 20.1 Å². The SMILES string of the molecule is COc1cc2c(cc1OC)C(=O)NC2.Cl. The number of hydrogen-bond donors (Lipinski definition) is 1. The first kappa shape index (κ1) is 11.7. The van der Waals surface area contributed by atoms with E-state index in [0.717, 1.165) is 5.56 Å². The van der Waals surface area contributed by atoms with Gasteiger partial charge in [-0.05, 0) is 17.7 Å². The van der Waals surface area contributed by atoms with Gasteiger partial charge in [-0.15, -0.1) is 12.4 Å². The summed E-state index contributed by atoms with van der Waals surface area (Å²) in [5.74, 6) is 1.19. The van der Waals surface area contributed by atoms with E-state index in [2.05, 4.69) is 5.32 Å². The van der Waals surface area contributed by atoms with Crippen molar-refractivity contribution in [2.24, 2.45) is 0 Å². The zero-order valence-electron chi connectivity index (χ0n) is 8.49. The molecule has 0 aliphatic carbocycles. The van der Waals surface area contributed by atoms with Gasteiger partial charge in [0.1, 0.15) is 0 Å². The fourth-order valence-electron chi connectivity index (χ4n) is 1.55. The van der Waals surface area contributed by atoms with Crippen LogP contribution in [0.15, 0.2) is 12.1 Å². The van der Waals surface area contributed by atoms with Gasteiger partial charge in [0.2, 0.25) is 0 Å². The predicted octanol–water partition coefficient (Wildman–Crippen LogP) is 1.37. The molecule has 0 radical (unpaired) electrons. The molecule has 0 bridgehead atoms.